The molecular weight excluding hydrogens is 270 g/mol. The minimum absolute atomic E-state index is 0.138. The number of hydrogen-bond donors (Lipinski definition) is 5. The summed E-state index contributed by atoms with van der Waals surface area (Å²) in [6, 6.07) is 7.78. The fraction of sp³-hybridized carbons (Fsp3) is 0.182. The zero-order chi connectivity index (χ0) is 15.1. The predicted molar refractivity (Wildman–Crippen MR) is 65.2 cm³/mol. The number of guanidine groups is 1. The van der Waals surface area contributed by atoms with Crippen LogP contribution in [0.1, 0.15) is 0 Å². The van der Waals surface area contributed by atoms with Crippen LogP contribution in [0.4, 0.5) is 0 Å². The third-order valence-corrected chi connectivity index (χ3v) is 2.01. The Morgan fingerprint density at radius 3 is 2.25 bits per heavy atom. The van der Waals surface area contributed by atoms with Gasteiger partial charge in [-0.3, -0.25) is 5.41 Å². The van der Waals surface area contributed by atoms with Gasteiger partial charge in [-0.15, -0.1) is 0 Å². The van der Waals surface area contributed by atoms with Crippen LogP contribution >= 0.6 is 0 Å². The lowest BCUT2D eigenvalue weighted by molar-refractivity contribution is -0.171. The van der Waals surface area contributed by atoms with Crippen molar-refractivity contribution in [2.75, 3.05) is 0 Å². The summed E-state index contributed by atoms with van der Waals surface area (Å²) in [5, 5.41) is 25.5. The summed E-state index contributed by atoms with van der Waals surface area (Å²) in [4.78, 5) is 26.8. The molecule has 6 N–H and O–H groups in total. The van der Waals surface area contributed by atoms with Crippen LogP contribution in [0, 0.1) is 5.41 Å². The zero-order valence-electron chi connectivity index (χ0n) is 10.1. The normalized spacial score (nSPS) is 12.9. The number of carbonyl (C=O) groups is 2. The maximum Gasteiger partial charge on any atom is 0.363 e. The van der Waals surface area contributed by atoms with E-state index >= 15 is 0 Å². The molecule has 9 heteroatoms. The molecular formula is C11H13N3O6. The molecule has 1 aromatic rings. The number of hydroxylamine groups is 1. The molecule has 108 valence electrons. The number of rotatable bonds is 4. The SMILES string of the molecule is N=C(N)NOC(=O)C(O)C(O)C(=O)Oc1ccccc1. The second-order valence-electron chi connectivity index (χ2n) is 3.56. The molecule has 0 saturated carbocycles. The van der Waals surface area contributed by atoms with E-state index in [9.17, 15) is 19.8 Å². The fourth-order valence-corrected chi connectivity index (χ4v) is 1.09. The molecule has 20 heavy (non-hydrogen) atoms. The van der Waals surface area contributed by atoms with Crippen LogP contribution in [-0.4, -0.2) is 40.3 Å². The summed E-state index contributed by atoms with van der Waals surface area (Å²) in [6.07, 6.45) is -4.32. The predicted octanol–water partition coefficient (Wildman–Crippen LogP) is -1.74. The Balaban J connectivity index is 2.55. The van der Waals surface area contributed by atoms with Gasteiger partial charge in [0.1, 0.15) is 5.75 Å². The van der Waals surface area contributed by atoms with Crippen LogP contribution in [0.2, 0.25) is 0 Å². The van der Waals surface area contributed by atoms with Crippen molar-refractivity contribution in [1.29, 1.82) is 5.41 Å². The van der Waals surface area contributed by atoms with Crippen molar-refractivity contribution < 1.29 is 29.4 Å². The van der Waals surface area contributed by atoms with Crippen LogP contribution < -0.4 is 16.0 Å². The molecule has 2 atom stereocenters. The van der Waals surface area contributed by atoms with E-state index in [0.717, 1.165) is 0 Å². The van der Waals surface area contributed by atoms with Gasteiger partial charge in [0.2, 0.25) is 5.96 Å². The van der Waals surface area contributed by atoms with E-state index in [1.807, 2.05) is 0 Å². The van der Waals surface area contributed by atoms with Gasteiger partial charge in [0, 0.05) is 0 Å². The first-order chi connectivity index (χ1) is 9.41. The monoisotopic (exact) mass is 283 g/mol. The molecule has 0 aromatic heterocycles. The highest BCUT2D eigenvalue weighted by Gasteiger charge is 2.33. The summed E-state index contributed by atoms with van der Waals surface area (Å²) in [7, 11) is 0. The third-order valence-electron chi connectivity index (χ3n) is 2.01. The van der Waals surface area contributed by atoms with Gasteiger partial charge in [-0.05, 0) is 12.1 Å². The lowest BCUT2D eigenvalue weighted by Gasteiger charge is -2.15. The smallest absolute Gasteiger partial charge is 0.363 e. The number of carbonyl (C=O) groups excluding carboxylic acids is 2. The Bertz CT molecular complexity index is 492. The minimum Gasteiger partial charge on any atom is -0.425 e. The van der Waals surface area contributed by atoms with E-state index in [0.29, 0.717) is 0 Å². The Morgan fingerprint density at radius 1 is 1.15 bits per heavy atom. The van der Waals surface area contributed by atoms with Crippen LogP contribution in [-0.2, 0) is 14.4 Å². The second-order valence-corrected chi connectivity index (χ2v) is 3.56. The molecule has 1 aromatic carbocycles. The number of aliphatic hydroxyl groups is 2. The van der Waals surface area contributed by atoms with E-state index in [1.165, 1.54) is 12.1 Å². The summed E-state index contributed by atoms with van der Waals surface area (Å²) >= 11 is 0. The zero-order valence-corrected chi connectivity index (χ0v) is 10.1. The first-order valence-electron chi connectivity index (χ1n) is 5.35. The number of esters is 1. The molecule has 1 rings (SSSR count). The fourth-order valence-electron chi connectivity index (χ4n) is 1.09. The molecule has 0 fully saturated rings. The molecule has 0 amide bonds. The third kappa shape index (κ3) is 4.55. The lowest BCUT2D eigenvalue weighted by Crippen LogP contribution is -2.45. The Hall–Kier alpha value is -2.65. The highest BCUT2D eigenvalue weighted by atomic mass is 16.7. The molecule has 0 radical (unpaired) electrons. The van der Waals surface area contributed by atoms with Crippen molar-refractivity contribution in [3.05, 3.63) is 30.3 Å². The van der Waals surface area contributed by atoms with Crippen molar-refractivity contribution in [3.8, 4) is 5.75 Å². The Morgan fingerprint density at radius 2 is 1.70 bits per heavy atom. The number of benzene rings is 1. The highest BCUT2D eigenvalue weighted by Crippen LogP contribution is 2.10. The Kier molecular flexibility index (Phi) is 5.44. The molecule has 2 unspecified atom stereocenters. The number of nitrogens with two attached hydrogens (primary N) is 1. The summed E-state index contributed by atoms with van der Waals surface area (Å²) in [5.74, 6) is -3.17. The van der Waals surface area contributed by atoms with E-state index in [2.05, 4.69) is 4.84 Å². The number of aliphatic hydroxyl groups excluding tert-OH is 2. The average Bonchev–Trinajstić information content (AvgIpc) is 2.44. The lowest BCUT2D eigenvalue weighted by atomic mass is 10.2. The molecule has 0 saturated heterocycles. The van der Waals surface area contributed by atoms with Crippen molar-refractivity contribution >= 4 is 17.9 Å². The van der Waals surface area contributed by atoms with E-state index in [-0.39, 0.29) is 5.75 Å². The topological polar surface area (TPSA) is 155 Å². The highest BCUT2D eigenvalue weighted by molar-refractivity contribution is 5.87. The van der Waals surface area contributed by atoms with Gasteiger partial charge in [0.15, 0.2) is 12.2 Å². The minimum atomic E-state index is -2.18. The van der Waals surface area contributed by atoms with Gasteiger partial charge >= 0.3 is 11.9 Å². The van der Waals surface area contributed by atoms with Gasteiger partial charge < -0.3 is 25.5 Å². The maximum absolute atomic E-state index is 11.5. The van der Waals surface area contributed by atoms with E-state index in [1.54, 1.807) is 23.7 Å². The van der Waals surface area contributed by atoms with Crippen LogP contribution in [0.15, 0.2) is 30.3 Å². The standard InChI is InChI=1S/C11H13N3O6/c12-11(13)14-20-10(18)8(16)7(15)9(17)19-6-4-2-1-3-5-6/h1-5,7-8,15-16H,(H4,12,13,14). The van der Waals surface area contributed by atoms with Crippen molar-refractivity contribution in [2.45, 2.75) is 12.2 Å². The van der Waals surface area contributed by atoms with Crippen molar-refractivity contribution in [1.82, 2.24) is 5.48 Å². The number of ether oxygens (including phenoxy) is 1. The first-order valence-corrected chi connectivity index (χ1v) is 5.35. The van der Waals surface area contributed by atoms with Gasteiger partial charge in [0.05, 0.1) is 0 Å². The maximum atomic E-state index is 11.5. The average molecular weight is 283 g/mol. The first kappa shape index (κ1) is 15.4. The van der Waals surface area contributed by atoms with E-state index < -0.39 is 30.1 Å². The van der Waals surface area contributed by atoms with Gasteiger partial charge in [-0.25, -0.2) is 9.59 Å². The van der Waals surface area contributed by atoms with Crippen LogP contribution in [0.25, 0.3) is 0 Å². The second kappa shape index (κ2) is 7.07. The van der Waals surface area contributed by atoms with Gasteiger partial charge in [-0.2, -0.15) is 5.48 Å². The number of hydrogen-bond acceptors (Lipinski definition) is 7. The quantitative estimate of drug-likeness (QED) is 0.143. The Labute approximate surface area is 113 Å². The van der Waals surface area contributed by atoms with Crippen LogP contribution in [0.3, 0.4) is 0 Å². The van der Waals surface area contributed by atoms with Crippen LogP contribution in [0.5, 0.6) is 5.75 Å². The number of para-hydroxylation sites is 1. The molecule has 0 bridgehead atoms. The van der Waals surface area contributed by atoms with Crippen molar-refractivity contribution in [2.24, 2.45) is 5.73 Å². The molecule has 0 heterocycles. The van der Waals surface area contributed by atoms with Gasteiger partial charge in [0.25, 0.3) is 0 Å². The molecule has 0 spiro atoms. The largest absolute Gasteiger partial charge is 0.425 e. The molecule has 9 nitrogen and oxygen atoms in total. The van der Waals surface area contributed by atoms with Gasteiger partial charge in [-0.1, -0.05) is 18.2 Å². The number of nitrogens with one attached hydrogen (secondary N) is 2. The summed E-state index contributed by atoms with van der Waals surface area (Å²) in [5.41, 5.74) is 6.50. The molecule has 0 aliphatic heterocycles. The van der Waals surface area contributed by atoms with E-state index in [4.69, 9.17) is 15.9 Å². The molecule has 0 aliphatic rings. The summed E-state index contributed by atoms with van der Waals surface area (Å²) in [6.45, 7) is 0. The summed E-state index contributed by atoms with van der Waals surface area (Å²) < 4.78 is 4.73. The molecule has 0 aliphatic carbocycles. The van der Waals surface area contributed by atoms with Crippen molar-refractivity contribution in [3.63, 3.8) is 0 Å².